The predicted octanol–water partition coefficient (Wildman–Crippen LogP) is 3.11. The maximum absolute atomic E-state index is 13.0. The molecule has 3 heterocycles. The van der Waals surface area contributed by atoms with Gasteiger partial charge in [0, 0.05) is 25.8 Å². The number of hydrogen-bond donors (Lipinski definition) is 0. The number of alkyl halides is 3. The Morgan fingerprint density at radius 3 is 2.50 bits per heavy atom. The summed E-state index contributed by atoms with van der Waals surface area (Å²) in [5, 5.41) is 0. The van der Waals surface area contributed by atoms with Crippen molar-refractivity contribution in [3.05, 3.63) is 29.6 Å². The topological polar surface area (TPSA) is 53.5 Å². The minimum atomic E-state index is -4.55. The molecule has 1 atom stereocenters. The summed E-state index contributed by atoms with van der Waals surface area (Å²) in [6, 6.07) is 1.95. The standard InChI is InChI=1S/C18H22F3N3O2/c1-2-9-23-10-3-7-17(16(23)26)8-4-11-24(17)15(25)13-5-6-14(22-12-13)18(19,20)21/h5-6,12H,2-4,7-11H2,1H3. The van der Waals surface area contributed by atoms with Crippen LogP contribution in [0.5, 0.6) is 0 Å². The number of carbonyl (C=O) groups excluding carboxylic acids is 2. The first-order valence-electron chi connectivity index (χ1n) is 8.94. The first kappa shape index (κ1) is 18.7. The monoisotopic (exact) mass is 369 g/mol. The number of likely N-dealkylation sites (tertiary alicyclic amines) is 2. The van der Waals surface area contributed by atoms with Crippen LogP contribution >= 0.6 is 0 Å². The Kier molecular flexibility index (Phi) is 4.94. The van der Waals surface area contributed by atoms with Crippen LogP contribution in [0, 0.1) is 0 Å². The number of pyridine rings is 1. The summed E-state index contributed by atoms with van der Waals surface area (Å²) in [6.45, 7) is 3.79. The average molecular weight is 369 g/mol. The number of piperidine rings is 1. The molecule has 0 saturated carbocycles. The molecule has 2 aliphatic rings. The minimum Gasteiger partial charge on any atom is -0.341 e. The van der Waals surface area contributed by atoms with E-state index in [1.165, 1.54) is 0 Å². The molecule has 8 heteroatoms. The van der Waals surface area contributed by atoms with Crippen molar-refractivity contribution in [2.24, 2.45) is 0 Å². The summed E-state index contributed by atoms with van der Waals surface area (Å²) in [5.74, 6) is -0.452. The van der Waals surface area contributed by atoms with Crippen molar-refractivity contribution in [3.8, 4) is 0 Å². The molecule has 5 nitrogen and oxygen atoms in total. The van der Waals surface area contributed by atoms with Gasteiger partial charge in [0.1, 0.15) is 11.2 Å². The highest BCUT2D eigenvalue weighted by molar-refractivity contribution is 5.99. The van der Waals surface area contributed by atoms with Gasteiger partial charge in [0.25, 0.3) is 5.91 Å². The van der Waals surface area contributed by atoms with Crippen LogP contribution in [0.3, 0.4) is 0 Å². The van der Waals surface area contributed by atoms with E-state index in [1.807, 2.05) is 6.92 Å². The fourth-order valence-electron chi connectivity index (χ4n) is 4.05. The number of aromatic nitrogens is 1. The third-order valence-electron chi connectivity index (χ3n) is 5.23. The zero-order chi connectivity index (χ0) is 18.9. The first-order chi connectivity index (χ1) is 12.3. The normalized spacial score (nSPS) is 23.8. The lowest BCUT2D eigenvalue weighted by Crippen LogP contribution is -2.61. The molecule has 0 radical (unpaired) electrons. The molecule has 1 unspecified atom stereocenters. The van der Waals surface area contributed by atoms with Crippen LogP contribution in [-0.4, -0.2) is 51.8 Å². The molecule has 2 aliphatic heterocycles. The van der Waals surface area contributed by atoms with Crippen LogP contribution in [0.4, 0.5) is 13.2 Å². The molecule has 0 aromatic carbocycles. The average Bonchev–Trinajstić information content (AvgIpc) is 3.02. The third-order valence-corrected chi connectivity index (χ3v) is 5.23. The number of nitrogens with zero attached hydrogens (tertiary/aromatic N) is 3. The molecule has 26 heavy (non-hydrogen) atoms. The van der Waals surface area contributed by atoms with Crippen molar-refractivity contribution in [1.29, 1.82) is 0 Å². The summed E-state index contributed by atoms with van der Waals surface area (Å²) >= 11 is 0. The van der Waals surface area contributed by atoms with Crippen molar-refractivity contribution >= 4 is 11.8 Å². The summed E-state index contributed by atoms with van der Waals surface area (Å²) < 4.78 is 38.0. The Bertz CT molecular complexity index is 688. The quantitative estimate of drug-likeness (QED) is 0.823. The highest BCUT2D eigenvalue weighted by Crippen LogP contribution is 2.39. The Labute approximate surface area is 150 Å². The lowest BCUT2D eigenvalue weighted by atomic mass is 9.85. The minimum absolute atomic E-state index is 0.0312. The Hall–Kier alpha value is -2.12. The van der Waals surface area contributed by atoms with E-state index < -0.39 is 23.3 Å². The maximum Gasteiger partial charge on any atom is 0.433 e. The summed E-state index contributed by atoms with van der Waals surface area (Å²) in [6.07, 6.45) is -0.00664. The van der Waals surface area contributed by atoms with E-state index in [0.717, 1.165) is 31.2 Å². The molecule has 2 fully saturated rings. The van der Waals surface area contributed by atoms with Crippen LogP contribution in [0.15, 0.2) is 18.3 Å². The van der Waals surface area contributed by atoms with Gasteiger partial charge >= 0.3 is 6.18 Å². The molecule has 0 aliphatic carbocycles. The van der Waals surface area contributed by atoms with E-state index in [-0.39, 0.29) is 11.5 Å². The molecule has 0 bridgehead atoms. The smallest absolute Gasteiger partial charge is 0.341 e. The molecule has 3 rings (SSSR count). The fourth-order valence-corrected chi connectivity index (χ4v) is 4.05. The van der Waals surface area contributed by atoms with E-state index in [1.54, 1.807) is 9.80 Å². The van der Waals surface area contributed by atoms with E-state index in [2.05, 4.69) is 4.98 Å². The molecule has 2 saturated heterocycles. The number of rotatable bonds is 3. The number of amides is 2. The molecule has 0 N–H and O–H groups in total. The largest absolute Gasteiger partial charge is 0.433 e. The van der Waals surface area contributed by atoms with Gasteiger partial charge in [-0.25, -0.2) is 0 Å². The predicted molar refractivity (Wildman–Crippen MR) is 88.3 cm³/mol. The van der Waals surface area contributed by atoms with Crippen LogP contribution in [0.2, 0.25) is 0 Å². The number of hydrogen-bond acceptors (Lipinski definition) is 3. The summed E-state index contributed by atoms with van der Waals surface area (Å²) in [4.78, 5) is 32.7. The van der Waals surface area contributed by atoms with Crippen molar-refractivity contribution in [1.82, 2.24) is 14.8 Å². The molecule has 1 aromatic heterocycles. The van der Waals surface area contributed by atoms with Gasteiger partial charge < -0.3 is 9.80 Å². The van der Waals surface area contributed by atoms with Gasteiger partial charge in [-0.3, -0.25) is 14.6 Å². The van der Waals surface area contributed by atoms with Crippen LogP contribution < -0.4 is 0 Å². The zero-order valence-electron chi connectivity index (χ0n) is 14.7. The van der Waals surface area contributed by atoms with Crippen molar-refractivity contribution < 1.29 is 22.8 Å². The van der Waals surface area contributed by atoms with Gasteiger partial charge in [-0.05, 0) is 44.2 Å². The summed E-state index contributed by atoms with van der Waals surface area (Å²) in [7, 11) is 0. The van der Waals surface area contributed by atoms with E-state index >= 15 is 0 Å². The SMILES string of the molecule is CCCN1CCCC2(CCCN2C(=O)c2ccc(C(F)(F)F)nc2)C1=O. The third kappa shape index (κ3) is 3.17. The van der Waals surface area contributed by atoms with Gasteiger partial charge in [0.15, 0.2) is 0 Å². The van der Waals surface area contributed by atoms with Crippen molar-refractivity contribution in [3.63, 3.8) is 0 Å². The second kappa shape index (κ2) is 6.89. The number of carbonyl (C=O) groups is 2. The van der Waals surface area contributed by atoms with E-state index in [0.29, 0.717) is 38.9 Å². The second-order valence-corrected chi connectivity index (χ2v) is 6.92. The number of halogens is 3. The fraction of sp³-hybridized carbons (Fsp3) is 0.611. The highest BCUT2D eigenvalue weighted by Gasteiger charge is 2.52. The van der Waals surface area contributed by atoms with Crippen LogP contribution in [0.1, 0.15) is 55.1 Å². The van der Waals surface area contributed by atoms with Crippen LogP contribution in [0.25, 0.3) is 0 Å². The van der Waals surface area contributed by atoms with Gasteiger partial charge in [0.2, 0.25) is 5.91 Å². The van der Waals surface area contributed by atoms with Crippen molar-refractivity contribution in [2.75, 3.05) is 19.6 Å². The van der Waals surface area contributed by atoms with E-state index in [4.69, 9.17) is 0 Å². The highest BCUT2D eigenvalue weighted by atomic mass is 19.4. The zero-order valence-corrected chi connectivity index (χ0v) is 14.7. The van der Waals surface area contributed by atoms with E-state index in [9.17, 15) is 22.8 Å². The van der Waals surface area contributed by atoms with Gasteiger partial charge in [0.05, 0.1) is 5.56 Å². The van der Waals surface area contributed by atoms with Crippen molar-refractivity contribution in [2.45, 2.75) is 50.7 Å². The Morgan fingerprint density at radius 1 is 1.23 bits per heavy atom. The second-order valence-electron chi connectivity index (χ2n) is 6.92. The Balaban J connectivity index is 1.85. The van der Waals surface area contributed by atoms with Gasteiger partial charge in [-0.2, -0.15) is 13.2 Å². The summed E-state index contributed by atoms with van der Waals surface area (Å²) in [5.41, 5.74) is -1.81. The molecule has 142 valence electrons. The molecular weight excluding hydrogens is 347 g/mol. The van der Waals surface area contributed by atoms with Crippen LogP contribution in [-0.2, 0) is 11.0 Å². The first-order valence-corrected chi connectivity index (χ1v) is 8.94. The van der Waals surface area contributed by atoms with Gasteiger partial charge in [-0.15, -0.1) is 0 Å². The van der Waals surface area contributed by atoms with Gasteiger partial charge in [-0.1, -0.05) is 6.92 Å². The lowest BCUT2D eigenvalue weighted by molar-refractivity contribution is -0.145. The lowest BCUT2D eigenvalue weighted by Gasteiger charge is -2.44. The molecule has 1 aromatic rings. The molecule has 2 amide bonds. The maximum atomic E-state index is 13.0. The molecule has 1 spiro atoms. The molecular formula is C18H22F3N3O2. The Morgan fingerprint density at radius 2 is 1.92 bits per heavy atom.